The van der Waals surface area contributed by atoms with Crippen LogP contribution >= 0.6 is 0 Å². The molecular formula is C13H19NO3. The highest BCUT2D eigenvalue weighted by Crippen LogP contribution is 2.26. The predicted molar refractivity (Wildman–Crippen MR) is 65.8 cm³/mol. The maximum absolute atomic E-state index is 11.3. The van der Waals surface area contributed by atoms with Gasteiger partial charge in [-0.1, -0.05) is 12.1 Å². The Labute approximate surface area is 101 Å². The maximum atomic E-state index is 11.3. The smallest absolute Gasteiger partial charge is 0.307 e. The highest BCUT2D eigenvalue weighted by molar-refractivity contribution is 5.70. The molecule has 0 bridgehead atoms. The molecule has 1 aromatic rings. The van der Waals surface area contributed by atoms with E-state index in [1.807, 2.05) is 13.8 Å². The Morgan fingerprint density at radius 3 is 2.41 bits per heavy atom. The molecule has 0 aliphatic heterocycles. The number of carbonyl (C=O) groups is 1. The lowest BCUT2D eigenvalue weighted by Gasteiger charge is -2.14. The van der Waals surface area contributed by atoms with Crippen LogP contribution in [-0.4, -0.2) is 17.7 Å². The van der Waals surface area contributed by atoms with Gasteiger partial charge in [0.2, 0.25) is 0 Å². The van der Waals surface area contributed by atoms with Crippen LogP contribution in [0.2, 0.25) is 0 Å². The van der Waals surface area contributed by atoms with Gasteiger partial charge in [0.15, 0.2) is 0 Å². The average Bonchev–Trinajstić information content (AvgIpc) is 2.25. The predicted octanol–water partition coefficient (Wildman–Crippen LogP) is 1.96. The average molecular weight is 237 g/mol. The van der Waals surface area contributed by atoms with E-state index >= 15 is 0 Å². The summed E-state index contributed by atoms with van der Waals surface area (Å²) in [6.45, 7) is 5.74. The molecule has 1 rings (SSSR count). The zero-order valence-electron chi connectivity index (χ0n) is 10.5. The molecule has 0 fully saturated rings. The zero-order valence-corrected chi connectivity index (χ0v) is 10.5. The van der Waals surface area contributed by atoms with Crippen LogP contribution < -0.4 is 5.73 Å². The van der Waals surface area contributed by atoms with Crippen molar-refractivity contribution < 1.29 is 14.6 Å². The van der Waals surface area contributed by atoms with E-state index < -0.39 is 6.04 Å². The summed E-state index contributed by atoms with van der Waals surface area (Å²) in [5.41, 5.74) is 8.30. The number of aromatic hydroxyl groups is 1. The second-order valence-electron chi connectivity index (χ2n) is 4.12. The Bertz CT molecular complexity index is 392. The second-order valence-corrected chi connectivity index (χ2v) is 4.12. The van der Waals surface area contributed by atoms with Gasteiger partial charge in [0.05, 0.1) is 13.0 Å². The van der Waals surface area contributed by atoms with Crippen LogP contribution in [0.3, 0.4) is 0 Å². The number of ether oxygens (including phenoxy) is 1. The van der Waals surface area contributed by atoms with E-state index in [0.717, 1.165) is 16.7 Å². The fourth-order valence-corrected chi connectivity index (χ4v) is 1.72. The summed E-state index contributed by atoms with van der Waals surface area (Å²) in [6, 6.07) is 3.20. The van der Waals surface area contributed by atoms with Crippen molar-refractivity contribution in [2.45, 2.75) is 33.2 Å². The Hall–Kier alpha value is -1.55. The van der Waals surface area contributed by atoms with E-state index in [1.165, 1.54) is 0 Å². The van der Waals surface area contributed by atoms with Crippen LogP contribution in [0.15, 0.2) is 12.1 Å². The van der Waals surface area contributed by atoms with Crippen LogP contribution in [0, 0.1) is 13.8 Å². The van der Waals surface area contributed by atoms with Gasteiger partial charge in [-0.15, -0.1) is 0 Å². The molecule has 0 aliphatic carbocycles. The maximum Gasteiger partial charge on any atom is 0.307 e. The van der Waals surface area contributed by atoms with Gasteiger partial charge in [0.1, 0.15) is 5.75 Å². The van der Waals surface area contributed by atoms with E-state index in [-0.39, 0.29) is 18.1 Å². The first-order chi connectivity index (χ1) is 7.95. The number of aryl methyl sites for hydroxylation is 2. The van der Waals surface area contributed by atoms with E-state index in [9.17, 15) is 9.90 Å². The number of esters is 1. The summed E-state index contributed by atoms with van der Waals surface area (Å²) < 4.78 is 4.85. The summed E-state index contributed by atoms with van der Waals surface area (Å²) in [6.07, 6.45) is 0.150. The van der Waals surface area contributed by atoms with Crippen molar-refractivity contribution in [2.75, 3.05) is 6.61 Å². The third-order valence-corrected chi connectivity index (χ3v) is 2.63. The summed E-state index contributed by atoms with van der Waals surface area (Å²) >= 11 is 0. The summed E-state index contributed by atoms with van der Waals surface area (Å²) in [5, 5.41) is 9.65. The van der Waals surface area contributed by atoms with Gasteiger partial charge in [-0.25, -0.2) is 0 Å². The van der Waals surface area contributed by atoms with Crippen molar-refractivity contribution in [3.63, 3.8) is 0 Å². The van der Waals surface area contributed by atoms with Crippen LogP contribution in [0.1, 0.15) is 36.1 Å². The number of hydrogen-bond acceptors (Lipinski definition) is 4. The lowest BCUT2D eigenvalue weighted by Crippen LogP contribution is -2.17. The molecule has 17 heavy (non-hydrogen) atoms. The lowest BCUT2D eigenvalue weighted by molar-refractivity contribution is -0.143. The number of carbonyl (C=O) groups excluding carboxylic acids is 1. The minimum absolute atomic E-state index is 0.150. The molecule has 94 valence electrons. The first kappa shape index (κ1) is 13.5. The van der Waals surface area contributed by atoms with Gasteiger partial charge in [-0.2, -0.15) is 0 Å². The number of nitrogens with two attached hydrogens (primary N) is 1. The van der Waals surface area contributed by atoms with Gasteiger partial charge >= 0.3 is 5.97 Å². The summed E-state index contributed by atoms with van der Waals surface area (Å²) in [5.74, 6) is -0.0273. The SMILES string of the molecule is CCOC(=O)C[C@H](N)c1cc(C)c(O)c(C)c1. The second kappa shape index (κ2) is 5.68. The molecule has 0 saturated heterocycles. The highest BCUT2D eigenvalue weighted by Gasteiger charge is 2.14. The molecule has 0 spiro atoms. The van der Waals surface area contributed by atoms with E-state index in [4.69, 9.17) is 10.5 Å². The normalized spacial score (nSPS) is 12.2. The van der Waals surface area contributed by atoms with Crippen molar-refractivity contribution in [2.24, 2.45) is 5.73 Å². The molecule has 4 nitrogen and oxygen atoms in total. The quantitative estimate of drug-likeness (QED) is 0.785. The van der Waals surface area contributed by atoms with Gasteiger partial charge in [0, 0.05) is 6.04 Å². The monoisotopic (exact) mass is 237 g/mol. The molecule has 0 aromatic heterocycles. The number of phenolic OH excluding ortho intramolecular Hbond substituents is 1. The van der Waals surface area contributed by atoms with Crippen molar-refractivity contribution in [1.82, 2.24) is 0 Å². The standard InChI is InChI=1S/C13H19NO3/c1-4-17-12(15)7-11(14)10-5-8(2)13(16)9(3)6-10/h5-6,11,16H,4,7,14H2,1-3H3/t11-/m0/s1. The molecule has 3 N–H and O–H groups in total. The molecular weight excluding hydrogens is 218 g/mol. The topological polar surface area (TPSA) is 72.5 Å². The van der Waals surface area contributed by atoms with Crippen LogP contribution in [0.25, 0.3) is 0 Å². The van der Waals surface area contributed by atoms with Gasteiger partial charge in [-0.3, -0.25) is 4.79 Å². The molecule has 0 amide bonds. The Morgan fingerprint density at radius 2 is 1.94 bits per heavy atom. The molecule has 0 aliphatic rings. The van der Waals surface area contributed by atoms with Crippen LogP contribution in [-0.2, 0) is 9.53 Å². The zero-order chi connectivity index (χ0) is 13.0. The number of rotatable bonds is 4. The van der Waals surface area contributed by atoms with Crippen LogP contribution in [0.5, 0.6) is 5.75 Å². The summed E-state index contributed by atoms with van der Waals surface area (Å²) in [7, 11) is 0. The van der Waals surface area contributed by atoms with E-state index in [1.54, 1.807) is 19.1 Å². The third kappa shape index (κ3) is 3.46. The molecule has 0 heterocycles. The van der Waals surface area contributed by atoms with Crippen molar-refractivity contribution in [3.8, 4) is 5.75 Å². The van der Waals surface area contributed by atoms with Gasteiger partial charge in [0.25, 0.3) is 0 Å². The van der Waals surface area contributed by atoms with Crippen molar-refractivity contribution in [1.29, 1.82) is 0 Å². The van der Waals surface area contributed by atoms with Crippen molar-refractivity contribution in [3.05, 3.63) is 28.8 Å². The largest absolute Gasteiger partial charge is 0.507 e. The molecule has 0 saturated carbocycles. The number of hydrogen-bond donors (Lipinski definition) is 2. The molecule has 0 unspecified atom stereocenters. The fourth-order valence-electron chi connectivity index (χ4n) is 1.72. The fraction of sp³-hybridized carbons (Fsp3) is 0.462. The van der Waals surface area contributed by atoms with E-state index in [0.29, 0.717) is 6.61 Å². The van der Waals surface area contributed by atoms with Crippen molar-refractivity contribution >= 4 is 5.97 Å². The Balaban J connectivity index is 2.82. The Kier molecular flexibility index (Phi) is 4.52. The highest BCUT2D eigenvalue weighted by atomic mass is 16.5. The number of phenols is 1. The molecule has 1 atom stereocenters. The van der Waals surface area contributed by atoms with E-state index in [2.05, 4.69) is 0 Å². The molecule has 0 radical (unpaired) electrons. The minimum Gasteiger partial charge on any atom is -0.507 e. The number of benzene rings is 1. The van der Waals surface area contributed by atoms with Gasteiger partial charge < -0.3 is 15.6 Å². The molecule has 1 aromatic carbocycles. The minimum atomic E-state index is -0.396. The summed E-state index contributed by atoms with van der Waals surface area (Å²) in [4.78, 5) is 11.3. The Morgan fingerprint density at radius 1 is 1.41 bits per heavy atom. The first-order valence-electron chi connectivity index (χ1n) is 5.67. The third-order valence-electron chi connectivity index (χ3n) is 2.63. The lowest BCUT2D eigenvalue weighted by atomic mass is 9.99. The van der Waals surface area contributed by atoms with Crippen LogP contribution in [0.4, 0.5) is 0 Å². The first-order valence-corrected chi connectivity index (χ1v) is 5.67. The molecule has 4 heteroatoms. The van der Waals surface area contributed by atoms with Gasteiger partial charge in [-0.05, 0) is 37.5 Å².